The van der Waals surface area contributed by atoms with Crippen LogP contribution in [0.1, 0.15) is 62.2 Å². The second kappa shape index (κ2) is 12.5. The van der Waals surface area contributed by atoms with Crippen LogP contribution in [0.15, 0.2) is 54.7 Å². The Morgan fingerprint density at radius 1 is 1.10 bits per heavy atom. The number of anilines is 1. The number of hydrogen-bond acceptors (Lipinski definition) is 5. The zero-order valence-corrected chi connectivity index (χ0v) is 24.4. The van der Waals surface area contributed by atoms with Gasteiger partial charge in [0.05, 0.1) is 16.4 Å². The maximum absolute atomic E-state index is 14.3. The van der Waals surface area contributed by atoms with Gasteiger partial charge in [-0.3, -0.25) is 9.78 Å². The van der Waals surface area contributed by atoms with Crippen molar-refractivity contribution in [1.82, 2.24) is 14.5 Å². The zero-order valence-electron chi connectivity index (χ0n) is 24.4. The third kappa shape index (κ3) is 6.25. The molecule has 0 unspecified atom stereocenters. The molecule has 2 aromatic heterocycles. The molecular formula is C33H38F2N4O3. The standard InChI is InChI=1S/C33H38F2N4O3/c1-4-33(5-2,32(40)41)18-31-37-28-11-10-26(42-21-29-27(35)16-22(3)19-36-29)17-30(28)39(31)20-23-6-8-25(9-7-23)38-14-12-24(34)13-15-38/h6-11,16-17,19,24H,4-5,12-15,18,20-21H2,1-3H3,(H,40,41). The number of aryl methyl sites for hydroxylation is 1. The van der Waals surface area contributed by atoms with Gasteiger partial charge in [0.2, 0.25) is 0 Å². The average molecular weight is 577 g/mol. The number of halogens is 2. The van der Waals surface area contributed by atoms with E-state index in [1.807, 2.05) is 26.0 Å². The first-order valence-corrected chi connectivity index (χ1v) is 14.7. The van der Waals surface area contributed by atoms with Crippen molar-refractivity contribution in [3.05, 3.63) is 83.2 Å². The van der Waals surface area contributed by atoms with Crippen LogP contribution < -0.4 is 9.64 Å². The second-order valence-corrected chi connectivity index (χ2v) is 11.3. The Balaban J connectivity index is 1.46. The van der Waals surface area contributed by atoms with Crippen LogP contribution in [0.5, 0.6) is 5.75 Å². The number of pyridine rings is 1. The van der Waals surface area contributed by atoms with Gasteiger partial charge in [0.1, 0.15) is 35.9 Å². The Morgan fingerprint density at radius 2 is 1.81 bits per heavy atom. The molecule has 7 nitrogen and oxygen atoms in total. The monoisotopic (exact) mass is 576 g/mol. The van der Waals surface area contributed by atoms with Crippen LogP contribution in [0.2, 0.25) is 0 Å². The summed E-state index contributed by atoms with van der Waals surface area (Å²) in [5, 5.41) is 10.2. The molecular weight excluding hydrogens is 538 g/mol. The summed E-state index contributed by atoms with van der Waals surface area (Å²) in [4.78, 5) is 23.6. The fourth-order valence-electron chi connectivity index (χ4n) is 5.66. The molecule has 9 heteroatoms. The van der Waals surface area contributed by atoms with E-state index >= 15 is 0 Å². The minimum Gasteiger partial charge on any atom is -0.487 e. The predicted molar refractivity (Wildman–Crippen MR) is 159 cm³/mol. The highest BCUT2D eigenvalue weighted by Crippen LogP contribution is 2.34. The van der Waals surface area contributed by atoms with Crippen molar-refractivity contribution in [3.8, 4) is 5.75 Å². The van der Waals surface area contributed by atoms with E-state index in [9.17, 15) is 18.7 Å². The number of hydrogen-bond donors (Lipinski definition) is 1. The van der Waals surface area contributed by atoms with Crippen LogP contribution in [0, 0.1) is 18.2 Å². The summed E-state index contributed by atoms with van der Waals surface area (Å²) in [6.07, 6.45) is 3.22. The van der Waals surface area contributed by atoms with Crippen LogP contribution in [0.3, 0.4) is 0 Å². The summed E-state index contributed by atoms with van der Waals surface area (Å²) in [7, 11) is 0. The normalized spacial score (nSPS) is 14.5. The molecule has 0 atom stereocenters. The van der Waals surface area contributed by atoms with Crippen molar-refractivity contribution >= 4 is 22.7 Å². The van der Waals surface area contributed by atoms with Crippen molar-refractivity contribution in [2.24, 2.45) is 5.41 Å². The number of carboxylic acid groups (broad SMARTS) is 1. The van der Waals surface area contributed by atoms with Crippen molar-refractivity contribution in [2.45, 2.75) is 72.2 Å². The number of fused-ring (bicyclic) bond motifs is 1. The van der Waals surface area contributed by atoms with Crippen molar-refractivity contribution in [2.75, 3.05) is 18.0 Å². The lowest BCUT2D eigenvalue weighted by Crippen LogP contribution is -2.34. The molecule has 222 valence electrons. The minimum atomic E-state index is -0.931. The molecule has 1 aliphatic heterocycles. The van der Waals surface area contributed by atoms with Gasteiger partial charge in [0.15, 0.2) is 0 Å². The number of benzene rings is 2. The fourth-order valence-corrected chi connectivity index (χ4v) is 5.66. The number of piperidine rings is 1. The van der Waals surface area contributed by atoms with Crippen molar-refractivity contribution in [1.29, 1.82) is 0 Å². The first-order valence-electron chi connectivity index (χ1n) is 14.7. The molecule has 3 heterocycles. The number of ether oxygens (including phenoxy) is 1. The summed E-state index contributed by atoms with van der Waals surface area (Å²) < 4.78 is 36.0. The predicted octanol–water partition coefficient (Wildman–Crippen LogP) is 6.88. The Labute approximate surface area is 245 Å². The van der Waals surface area contributed by atoms with E-state index < -0.39 is 23.4 Å². The number of aliphatic carboxylic acids is 1. The quantitative estimate of drug-likeness (QED) is 0.210. The Morgan fingerprint density at radius 3 is 2.45 bits per heavy atom. The second-order valence-electron chi connectivity index (χ2n) is 11.3. The molecule has 0 aliphatic carbocycles. The average Bonchev–Trinajstić information content (AvgIpc) is 3.31. The van der Waals surface area contributed by atoms with Gasteiger partial charge in [-0.1, -0.05) is 26.0 Å². The van der Waals surface area contributed by atoms with E-state index in [-0.39, 0.29) is 18.7 Å². The highest BCUT2D eigenvalue weighted by atomic mass is 19.1. The molecule has 1 N–H and O–H groups in total. The SMILES string of the molecule is CCC(CC)(Cc1nc2ccc(OCc3ncc(C)cc3F)cc2n1Cc1ccc(N2CCC(F)CC2)cc1)C(=O)O. The molecule has 0 radical (unpaired) electrons. The van der Waals surface area contributed by atoms with E-state index in [1.165, 1.54) is 6.07 Å². The highest BCUT2D eigenvalue weighted by molar-refractivity contribution is 5.79. The Kier molecular flexibility index (Phi) is 8.75. The summed E-state index contributed by atoms with van der Waals surface area (Å²) in [6, 6.07) is 15.2. The summed E-state index contributed by atoms with van der Waals surface area (Å²) >= 11 is 0. The smallest absolute Gasteiger partial charge is 0.310 e. The molecule has 4 aromatic rings. The number of alkyl halides is 1. The maximum atomic E-state index is 14.3. The highest BCUT2D eigenvalue weighted by Gasteiger charge is 2.37. The first kappa shape index (κ1) is 29.5. The molecule has 2 aromatic carbocycles. The van der Waals surface area contributed by atoms with Crippen molar-refractivity contribution in [3.63, 3.8) is 0 Å². The van der Waals surface area contributed by atoms with Crippen LogP contribution in [-0.4, -0.2) is 44.9 Å². The molecule has 1 fully saturated rings. The number of carboxylic acids is 1. The van der Waals surface area contributed by atoms with Gasteiger partial charge in [-0.2, -0.15) is 0 Å². The number of imidazole rings is 1. The molecule has 0 saturated carbocycles. The van der Waals surface area contributed by atoms with Gasteiger partial charge in [-0.05, 0) is 74.1 Å². The number of carbonyl (C=O) groups is 1. The molecule has 0 amide bonds. The molecule has 1 aliphatic rings. The number of aromatic nitrogens is 3. The van der Waals surface area contributed by atoms with E-state index in [2.05, 4.69) is 38.7 Å². The lowest BCUT2D eigenvalue weighted by molar-refractivity contribution is -0.149. The number of rotatable bonds is 11. The van der Waals surface area contributed by atoms with Gasteiger partial charge in [-0.15, -0.1) is 0 Å². The lowest BCUT2D eigenvalue weighted by Gasteiger charge is -2.30. The van der Waals surface area contributed by atoms with E-state index in [0.717, 1.165) is 27.8 Å². The summed E-state index contributed by atoms with van der Waals surface area (Å²) in [5.41, 5.74) is 3.67. The van der Waals surface area contributed by atoms with Gasteiger partial charge in [0, 0.05) is 44.0 Å². The third-order valence-electron chi connectivity index (χ3n) is 8.60. The Hall–Kier alpha value is -4.01. The Bertz CT molecular complexity index is 1540. The van der Waals surface area contributed by atoms with Gasteiger partial charge in [0.25, 0.3) is 0 Å². The number of nitrogens with zero attached hydrogens (tertiary/aromatic N) is 4. The topological polar surface area (TPSA) is 80.5 Å². The van der Waals surface area contributed by atoms with E-state index in [0.29, 0.717) is 56.9 Å². The lowest BCUT2D eigenvalue weighted by atomic mass is 9.79. The summed E-state index contributed by atoms with van der Waals surface area (Å²) in [5.74, 6) is -0.0122. The third-order valence-corrected chi connectivity index (χ3v) is 8.60. The minimum absolute atomic E-state index is 0.0203. The summed E-state index contributed by atoms with van der Waals surface area (Å²) in [6.45, 7) is 7.46. The van der Waals surface area contributed by atoms with Gasteiger partial charge >= 0.3 is 5.97 Å². The largest absolute Gasteiger partial charge is 0.487 e. The zero-order chi connectivity index (χ0) is 29.9. The van der Waals surface area contributed by atoms with Crippen LogP contribution >= 0.6 is 0 Å². The van der Waals surface area contributed by atoms with E-state index in [4.69, 9.17) is 9.72 Å². The van der Waals surface area contributed by atoms with E-state index in [1.54, 1.807) is 19.2 Å². The molecule has 42 heavy (non-hydrogen) atoms. The first-order chi connectivity index (χ1) is 20.2. The van der Waals surface area contributed by atoms with Crippen LogP contribution in [0.4, 0.5) is 14.5 Å². The molecule has 0 bridgehead atoms. The van der Waals surface area contributed by atoms with Crippen molar-refractivity contribution < 1.29 is 23.4 Å². The van der Waals surface area contributed by atoms with Crippen LogP contribution in [0.25, 0.3) is 11.0 Å². The maximum Gasteiger partial charge on any atom is 0.310 e. The van der Waals surface area contributed by atoms with Gasteiger partial charge in [-0.25, -0.2) is 13.8 Å². The van der Waals surface area contributed by atoms with Gasteiger partial charge < -0.3 is 19.3 Å². The van der Waals surface area contributed by atoms with Crippen LogP contribution in [-0.2, 0) is 24.4 Å². The molecule has 0 spiro atoms. The fraction of sp³-hybridized carbons (Fsp3) is 0.424. The molecule has 1 saturated heterocycles. The molecule has 5 rings (SSSR count).